The number of hydrogen-bond donors (Lipinski definition) is 1. The zero-order valence-electron chi connectivity index (χ0n) is 11.0. The number of Topliss-reactive ketones (excluding diaryl/α,β-unsaturated/α-hetero) is 1. The number of carbonyl (C=O) groups excluding carboxylic acids is 1. The van der Waals surface area contributed by atoms with E-state index >= 15 is 0 Å². The van der Waals surface area contributed by atoms with E-state index in [1.165, 1.54) is 12.8 Å². The molecule has 0 bridgehead atoms. The fourth-order valence-electron chi connectivity index (χ4n) is 1.60. The Balaban J connectivity index is -0.000000845. The molecule has 2 nitrogen and oxygen atoms in total. The third kappa shape index (κ3) is 12.8. The van der Waals surface area contributed by atoms with Gasteiger partial charge < -0.3 is 19.0 Å². The van der Waals surface area contributed by atoms with Crippen molar-refractivity contribution in [3.05, 3.63) is 13.8 Å². The molecule has 0 aliphatic heterocycles. The fourth-order valence-corrected chi connectivity index (χ4v) is 1.60. The molecule has 16 heavy (non-hydrogen) atoms. The van der Waals surface area contributed by atoms with Gasteiger partial charge in [-0.3, -0.25) is 4.79 Å². The second kappa shape index (κ2) is 15.7. The van der Waals surface area contributed by atoms with Gasteiger partial charge in [-0.15, -0.1) is 0 Å². The molecule has 0 amide bonds. The van der Waals surface area contributed by atoms with Crippen LogP contribution in [0.5, 0.6) is 0 Å². The fraction of sp³-hybridized carbons (Fsp3) is 0.769. The number of aliphatic hydroxyl groups excluding tert-OH is 1. The molecule has 0 aromatic heterocycles. The molecule has 0 saturated heterocycles. The molecule has 1 atom stereocenters. The zero-order chi connectivity index (χ0) is 10.8. The third-order valence-corrected chi connectivity index (χ3v) is 2.58. The van der Waals surface area contributed by atoms with Crippen LogP contribution in [0.3, 0.4) is 0 Å². The summed E-state index contributed by atoms with van der Waals surface area (Å²) in [6, 6.07) is 0. The monoisotopic (exact) mass is 303 g/mol. The van der Waals surface area contributed by atoms with Crippen molar-refractivity contribution < 1.29 is 42.6 Å². The van der Waals surface area contributed by atoms with Crippen LogP contribution in [0.1, 0.15) is 52.4 Å². The molecule has 0 aromatic carbocycles. The summed E-state index contributed by atoms with van der Waals surface area (Å²) < 4.78 is 0. The van der Waals surface area contributed by atoms with Crippen molar-refractivity contribution in [2.45, 2.75) is 52.4 Å². The molecule has 0 spiro atoms. The maximum Gasteiger partial charge on any atom is 0.132 e. The Morgan fingerprint density at radius 3 is 2.38 bits per heavy atom. The summed E-state index contributed by atoms with van der Waals surface area (Å²) >= 11 is 0. The first-order valence-corrected chi connectivity index (χ1v) is 5.65. The smallest absolute Gasteiger partial charge is 0.132 e. The van der Waals surface area contributed by atoms with Crippen LogP contribution < -0.4 is 0 Å². The van der Waals surface area contributed by atoms with Crippen LogP contribution in [0.15, 0.2) is 0 Å². The molecule has 0 rings (SSSR count). The second-order valence-corrected chi connectivity index (χ2v) is 3.85. The second-order valence-electron chi connectivity index (χ2n) is 3.85. The summed E-state index contributed by atoms with van der Waals surface area (Å²) in [5.41, 5.74) is 0. The zero-order valence-corrected chi connectivity index (χ0v) is 13.9. The first-order chi connectivity index (χ1) is 6.72. The van der Waals surface area contributed by atoms with E-state index in [0.717, 1.165) is 25.7 Å². The average molecular weight is 303 g/mol. The van der Waals surface area contributed by atoms with Crippen molar-refractivity contribution in [1.82, 2.24) is 0 Å². The van der Waals surface area contributed by atoms with E-state index in [1.807, 2.05) is 6.42 Å². The van der Waals surface area contributed by atoms with E-state index in [-0.39, 0.29) is 52.7 Å². The van der Waals surface area contributed by atoms with Gasteiger partial charge in [-0.05, 0) is 13.3 Å². The van der Waals surface area contributed by atoms with Gasteiger partial charge in [0.1, 0.15) is 5.78 Å². The van der Waals surface area contributed by atoms with Crippen molar-refractivity contribution in [1.29, 1.82) is 0 Å². The Kier molecular flexibility index (Phi) is 21.6. The summed E-state index contributed by atoms with van der Waals surface area (Å²) in [6.45, 7) is 3.97. The van der Waals surface area contributed by atoms with Crippen molar-refractivity contribution in [3.63, 3.8) is 0 Å². The molecule has 0 heterocycles. The van der Waals surface area contributed by atoms with Gasteiger partial charge in [-0.25, -0.2) is 0 Å². The minimum absolute atomic E-state index is 0. The molecule has 0 saturated carbocycles. The standard InChI is InChI=1S/C12H23O2.CH3.Y/c1-3-4-5-8-12(11(2)14)9-6-7-10-13;;/h7,12-13H,3-6,8-10H2,1-2H3;1H3;/q2*-1;. The number of aliphatic hydroxyl groups is 1. The van der Waals surface area contributed by atoms with Gasteiger partial charge in [0.05, 0.1) is 0 Å². The summed E-state index contributed by atoms with van der Waals surface area (Å²) in [7, 11) is 0. The topological polar surface area (TPSA) is 37.3 Å². The largest absolute Gasteiger partial charge is 0.428 e. The van der Waals surface area contributed by atoms with Gasteiger partial charge in [-0.2, -0.15) is 6.42 Å². The molecular formula is C13H26O2Y-2. The number of carbonyl (C=O) groups is 1. The van der Waals surface area contributed by atoms with E-state index in [0.29, 0.717) is 5.78 Å². The van der Waals surface area contributed by atoms with Crippen LogP contribution in [0.4, 0.5) is 0 Å². The molecule has 3 heteroatoms. The van der Waals surface area contributed by atoms with Gasteiger partial charge in [0.15, 0.2) is 0 Å². The van der Waals surface area contributed by atoms with Crippen LogP contribution in [0.2, 0.25) is 0 Å². The molecule has 95 valence electrons. The molecular weight excluding hydrogens is 277 g/mol. The van der Waals surface area contributed by atoms with E-state index in [9.17, 15) is 4.79 Å². The number of rotatable bonds is 9. The van der Waals surface area contributed by atoms with Gasteiger partial charge in [0, 0.05) is 38.6 Å². The first kappa shape index (κ1) is 22.0. The quantitative estimate of drug-likeness (QED) is 0.524. The van der Waals surface area contributed by atoms with Gasteiger partial charge in [-0.1, -0.05) is 39.2 Å². The van der Waals surface area contributed by atoms with Crippen molar-refractivity contribution in [2.24, 2.45) is 5.92 Å². The SMILES string of the molecule is CCCCCC(CC[CH-]CO)C(C)=O.[CH3-].[Y]. The van der Waals surface area contributed by atoms with E-state index in [4.69, 9.17) is 5.11 Å². The van der Waals surface area contributed by atoms with E-state index in [2.05, 4.69) is 6.92 Å². The number of ketones is 1. The Bertz CT molecular complexity index is 139. The maximum absolute atomic E-state index is 11.3. The Hall–Kier alpha value is 0.734. The normalized spacial score (nSPS) is 11.2. The van der Waals surface area contributed by atoms with E-state index in [1.54, 1.807) is 6.92 Å². The van der Waals surface area contributed by atoms with Crippen LogP contribution in [-0.4, -0.2) is 17.5 Å². The predicted octanol–water partition coefficient (Wildman–Crippen LogP) is 3.20. The maximum atomic E-state index is 11.3. The Labute approximate surface area is 126 Å². The van der Waals surface area contributed by atoms with Gasteiger partial charge >= 0.3 is 0 Å². The summed E-state index contributed by atoms with van der Waals surface area (Å²) in [6.07, 6.45) is 8.17. The van der Waals surface area contributed by atoms with Crippen molar-refractivity contribution >= 4 is 5.78 Å². The first-order valence-electron chi connectivity index (χ1n) is 5.65. The molecule has 0 aliphatic rings. The van der Waals surface area contributed by atoms with Crippen molar-refractivity contribution in [2.75, 3.05) is 6.61 Å². The summed E-state index contributed by atoms with van der Waals surface area (Å²) in [5.74, 6) is 0.511. The molecule has 0 fully saturated rings. The summed E-state index contributed by atoms with van der Waals surface area (Å²) in [5, 5.41) is 8.59. The summed E-state index contributed by atoms with van der Waals surface area (Å²) in [4.78, 5) is 11.3. The third-order valence-electron chi connectivity index (χ3n) is 2.58. The molecule has 1 unspecified atom stereocenters. The molecule has 0 aromatic rings. The Morgan fingerprint density at radius 1 is 1.31 bits per heavy atom. The average Bonchev–Trinajstić information content (AvgIpc) is 2.15. The molecule has 1 N–H and O–H groups in total. The molecule has 1 radical (unpaired) electrons. The van der Waals surface area contributed by atoms with Crippen LogP contribution >= 0.6 is 0 Å². The molecule has 0 aliphatic carbocycles. The number of hydrogen-bond acceptors (Lipinski definition) is 2. The van der Waals surface area contributed by atoms with Crippen LogP contribution in [0.25, 0.3) is 0 Å². The number of unbranched alkanes of at least 4 members (excludes halogenated alkanes) is 3. The van der Waals surface area contributed by atoms with Crippen LogP contribution in [-0.2, 0) is 37.5 Å². The minimum Gasteiger partial charge on any atom is -0.428 e. The predicted molar refractivity (Wildman–Crippen MR) is 65.3 cm³/mol. The Morgan fingerprint density at radius 2 is 1.94 bits per heavy atom. The van der Waals surface area contributed by atoms with Gasteiger partial charge in [0.2, 0.25) is 0 Å². The van der Waals surface area contributed by atoms with Crippen LogP contribution in [0, 0.1) is 19.8 Å². The van der Waals surface area contributed by atoms with Crippen molar-refractivity contribution in [3.8, 4) is 0 Å². The van der Waals surface area contributed by atoms with E-state index < -0.39 is 0 Å². The van der Waals surface area contributed by atoms with Gasteiger partial charge in [0.25, 0.3) is 0 Å². The minimum atomic E-state index is 0.